The second-order valence-corrected chi connectivity index (χ2v) is 4.87. The topological polar surface area (TPSA) is 39.2 Å². The van der Waals surface area contributed by atoms with Crippen LogP contribution in [0.2, 0.25) is 0 Å². The van der Waals surface area contributed by atoms with Crippen LogP contribution < -0.4 is 4.74 Å². The van der Waals surface area contributed by atoms with E-state index in [1.54, 1.807) is 30.7 Å². The third kappa shape index (κ3) is 2.91. The molecule has 0 unspecified atom stereocenters. The third-order valence-corrected chi connectivity index (χ3v) is 3.29. The van der Waals surface area contributed by atoms with E-state index in [1.807, 2.05) is 24.4 Å². The zero-order valence-corrected chi connectivity index (χ0v) is 10.6. The number of pyridine rings is 1. The first kappa shape index (κ1) is 11.8. The first-order valence-electron chi connectivity index (χ1n) is 5.26. The van der Waals surface area contributed by atoms with Crippen molar-refractivity contribution in [2.45, 2.75) is 13.3 Å². The molecule has 0 aromatic carbocycles. The number of hydrogen-bond donors (Lipinski definition) is 0. The summed E-state index contributed by atoms with van der Waals surface area (Å²) in [6.45, 7) is 2.00. The SMILES string of the molecule is COc1ccc(CC(=O)c2csc(C)c2)cn1. The van der Waals surface area contributed by atoms with Gasteiger partial charge in [0.1, 0.15) is 0 Å². The third-order valence-electron chi connectivity index (χ3n) is 2.42. The van der Waals surface area contributed by atoms with Crippen molar-refractivity contribution in [1.29, 1.82) is 0 Å². The van der Waals surface area contributed by atoms with E-state index >= 15 is 0 Å². The molecule has 0 radical (unpaired) electrons. The largest absolute Gasteiger partial charge is 0.481 e. The molecule has 17 heavy (non-hydrogen) atoms. The fraction of sp³-hybridized carbons (Fsp3) is 0.231. The number of carbonyl (C=O) groups is 1. The van der Waals surface area contributed by atoms with Crippen LogP contribution in [0, 0.1) is 6.92 Å². The Hall–Kier alpha value is -1.68. The Morgan fingerprint density at radius 2 is 2.29 bits per heavy atom. The van der Waals surface area contributed by atoms with Gasteiger partial charge in [-0.15, -0.1) is 11.3 Å². The van der Waals surface area contributed by atoms with Gasteiger partial charge >= 0.3 is 0 Å². The van der Waals surface area contributed by atoms with Crippen molar-refractivity contribution in [1.82, 2.24) is 4.98 Å². The summed E-state index contributed by atoms with van der Waals surface area (Å²) in [6.07, 6.45) is 2.06. The predicted molar refractivity (Wildman–Crippen MR) is 67.9 cm³/mol. The minimum atomic E-state index is 0.126. The molecule has 0 fully saturated rings. The summed E-state index contributed by atoms with van der Waals surface area (Å²) in [5.74, 6) is 0.689. The summed E-state index contributed by atoms with van der Waals surface area (Å²) < 4.78 is 4.97. The number of thiophene rings is 1. The van der Waals surface area contributed by atoms with Crippen LogP contribution in [0.1, 0.15) is 20.8 Å². The monoisotopic (exact) mass is 247 g/mol. The van der Waals surface area contributed by atoms with Crippen molar-refractivity contribution in [3.8, 4) is 5.88 Å². The first-order valence-corrected chi connectivity index (χ1v) is 6.14. The molecule has 3 nitrogen and oxygen atoms in total. The number of Topliss-reactive ketones (excluding diaryl/α,β-unsaturated/α-hetero) is 1. The molecule has 0 aliphatic rings. The van der Waals surface area contributed by atoms with Gasteiger partial charge in [-0.25, -0.2) is 4.98 Å². The standard InChI is InChI=1S/C13H13NO2S/c1-9-5-11(8-17-9)12(15)6-10-3-4-13(16-2)14-7-10/h3-5,7-8H,6H2,1-2H3. The van der Waals surface area contributed by atoms with Gasteiger partial charge in [0.25, 0.3) is 0 Å². The Kier molecular flexibility index (Phi) is 3.54. The second kappa shape index (κ2) is 5.10. The molecule has 0 bridgehead atoms. The van der Waals surface area contributed by atoms with Gasteiger partial charge in [-0.2, -0.15) is 0 Å². The average molecular weight is 247 g/mol. The molecule has 2 aromatic rings. The fourth-order valence-electron chi connectivity index (χ4n) is 1.51. The van der Waals surface area contributed by atoms with E-state index in [4.69, 9.17) is 4.74 Å². The summed E-state index contributed by atoms with van der Waals surface area (Å²) in [5.41, 5.74) is 1.68. The smallest absolute Gasteiger partial charge is 0.212 e. The van der Waals surface area contributed by atoms with Crippen LogP contribution in [0.25, 0.3) is 0 Å². The van der Waals surface area contributed by atoms with Crippen molar-refractivity contribution < 1.29 is 9.53 Å². The maximum atomic E-state index is 11.9. The number of ether oxygens (including phenoxy) is 1. The Morgan fingerprint density at radius 3 is 2.82 bits per heavy atom. The highest BCUT2D eigenvalue weighted by Crippen LogP contribution is 2.16. The first-order chi connectivity index (χ1) is 8.19. The molecule has 0 N–H and O–H groups in total. The van der Waals surface area contributed by atoms with Gasteiger partial charge in [0.2, 0.25) is 5.88 Å². The number of aryl methyl sites for hydroxylation is 1. The van der Waals surface area contributed by atoms with E-state index < -0.39 is 0 Å². The van der Waals surface area contributed by atoms with E-state index in [-0.39, 0.29) is 5.78 Å². The van der Waals surface area contributed by atoms with Gasteiger partial charge in [0.15, 0.2) is 5.78 Å². The lowest BCUT2D eigenvalue weighted by Crippen LogP contribution is -2.02. The van der Waals surface area contributed by atoms with Crippen LogP contribution in [-0.2, 0) is 6.42 Å². The highest BCUT2D eigenvalue weighted by atomic mass is 32.1. The van der Waals surface area contributed by atoms with Gasteiger partial charge in [0, 0.05) is 34.5 Å². The number of aromatic nitrogens is 1. The predicted octanol–water partition coefficient (Wildman–Crippen LogP) is 2.89. The summed E-state index contributed by atoms with van der Waals surface area (Å²) in [7, 11) is 1.57. The number of hydrogen-bond acceptors (Lipinski definition) is 4. The number of rotatable bonds is 4. The summed E-state index contributed by atoms with van der Waals surface area (Å²) in [4.78, 5) is 17.2. The lowest BCUT2D eigenvalue weighted by Gasteiger charge is -2.01. The van der Waals surface area contributed by atoms with Crippen LogP contribution in [0.4, 0.5) is 0 Å². The molecule has 0 aliphatic heterocycles. The number of nitrogens with zero attached hydrogens (tertiary/aromatic N) is 1. The molecule has 0 aliphatic carbocycles. The van der Waals surface area contributed by atoms with E-state index in [0.29, 0.717) is 12.3 Å². The Morgan fingerprint density at radius 1 is 1.47 bits per heavy atom. The highest BCUT2D eigenvalue weighted by molar-refractivity contribution is 7.10. The van der Waals surface area contributed by atoms with Gasteiger partial charge in [-0.3, -0.25) is 4.79 Å². The zero-order chi connectivity index (χ0) is 12.3. The van der Waals surface area contributed by atoms with Crippen molar-refractivity contribution in [3.05, 3.63) is 45.8 Å². The normalized spacial score (nSPS) is 10.2. The summed E-state index contributed by atoms with van der Waals surface area (Å²) in [5, 5.41) is 1.90. The molecule has 2 aromatic heterocycles. The zero-order valence-electron chi connectivity index (χ0n) is 9.77. The molecular formula is C13H13NO2S. The Bertz CT molecular complexity index is 516. The lowest BCUT2D eigenvalue weighted by atomic mass is 10.1. The van der Waals surface area contributed by atoms with Gasteiger partial charge in [-0.05, 0) is 18.6 Å². The van der Waals surface area contributed by atoms with Crippen molar-refractivity contribution in [2.75, 3.05) is 7.11 Å². The Balaban J connectivity index is 2.07. The molecule has 4 heteroatoms. The molecule has 2 rings (SSSR count). The van der Waals surface area contributed by atoms with Crippen LogP contribution in [-0.4, -0.2) is 17.9 Å². The quantitative estimate of drug-likeness (QED) is 0.780. The van der Waals surface area contributed by atoms with Gasteiger partial charge < -0.3 is 4.74 Å². The van der Waals surface area contributed by atoms with E-state index in [2.05, 4.69) is 4.98 Å². The number of ketones is 1. The molecule has 0 saturated carbocycles. The second-order valence-electron chi connectivity index (χ2n) is 3.75. The lowest BCUT2D eigenvalue weighted by molar-refractivity contribution is 0.0993. The molecule has 0 atom stereocenters. The van der Waals surface area contributed by atoms with Crippen LogP contribution >= 0.6 is 11.3 Å². The maximum Gasteiger partial charge on any atom is 0.212 e. The molecule has 0 amide bonds. The number of carbonyl (C=O) groups excluding carboxylic acids is 1. The highest BCUT2D eigenvalue weighted by Gasteiger charge is 2.09. The Labute approximate surface area is 104 Å². The van der Waals surface area contributed by atoms with E-state index in [9.17, 15) is 4.79 Å². The van der Waals surface area contributed by atoms with Crippen LogP contribution in [0.15, 0.2) is 29.8 Å². The van der Waals surface area contributed by atoms with Gasteiger partial charge in [0.05, 0.1) is 7.11 Å². The van der Waals surface area contributed by atoms with Gasteiger partial charge in [-0.1, -0.05) is 6.07 Å². The molecule has 2 heterocycles. The molecular weight excluding hydrogens is 234 g/mol. The minimum Gasteiger partial charge on any atom is -0.481 e. The van der Waals surface area contributed by atoms with Crippen molar-refractivity contribution in [3.63, 3.8) is 0 Å². The van der Waals surface area contributed by atoms with Crippen molar-refractivity contribution >= 4 is 17.1 Å². The van der Waals surface area contributed by atoms with E-state index in [1.165, 1.54) is 0 Å². The molecule has 0 saturated heterocycles. The number of methoxy groups -OCH3 is 1. The average Bonchev–Trinajstić information content (AvgIpc) is 2.77. The van der Waals surface area contributed by atoms with E-state index in [0.717, 1.165) is 16.0 Å². The van der Waals surface area contributed by atoms with Crippen LogP contribution in [0.3, 0.4) is 0 Å². The fourth-order valence-corrected chi connectivity index (χ4v) is 2.22. The van der Waals surface area contributed by atoms with Crippen LogP contribution in [0.5, 0.6) is 5.88 Å². The molecule has 0 spiro atoms. The summed E-state index contributed by atoms with van der Waals surface area (Å²) in [6, 6.07) is 5.55. The van der Waals surface area contributed by atoms with Crippen molar-refractivity contribution in [2.24, 2.45) is 0 Å². The molecule has 88 valence electrons. The maximum absolute atomic E-state index is 11.9. The minimum absolute atomic E-state index is 0.126. The summed E-state index contributed by atoms with van der Waals surface area (Å²) >= 11 is 1.59.